The van der Waals surface area contributed by atoms with E-state index in [0.717, 1.165) is 11.1 Å². The average molecular weight is 248 g/mol. The summed E-state index contributed by atoms with van der Waals surface area (Å²) < 4.78 is 31.6. The lowest BCUT2D eigenvalue weighted by atomic mass is 10.1. The fourth-order valence-corrected chi connectivity index (χ4v) is 1.69. The molecule has 94 valence electrons. The van der Waals surface area contributed by atoms with Gasteiger partial charge < -0.3 is 4.74 Å². The molecule has 0 amide bonds. The van der Waals surface area contributed by atoms with E-state index in [2.05, 4.69) is 0 Å². The lowest BCUT2D eigenvalue weighted by molar-refractivity contribution is 0.304. The fraction of sp³-hybridized carbons (Fsp3) is 0.200. The lowest BCUT2D eigenvalue weighted by Crippen LogP contribution is -1.99. The first-order chi connectivity index (χ1) is 8.56. The summed E-state index contributed by atoms with van der Waals surface area (Å²) >= 11 is 0. The molecule has 0 N–H and O–H groups in total. The molecule has 0 saturated heterocycles. The Labute approximate surface area is 105 Å². The van der Waals surface area contributed by atoms with E-state index >= 15 is 0 Å². The van der Waals surface area contributed by atoms with Crippen molar-refractivity contribution >= 4 is 0 Å². The predicted molar refractivity (Wildman–Crippen MR) is 66.6 cm³/mol. The summed E-state index contributed by atoms with van der Waals surface area (Å²) in [5.74, 6) is 0.104. The minimum Gasteiger partial charge on any atom is -0.489 e. The minimum atomic E-state index is -0.256. The molecule has 0 aliphatic rings. The number of benzene rings is 2. The van der Waals surface area contributed by atoms with Crippen LogP contribution in [0.2, 0.25) is 0 Å². The van der Waals surface area contributed by atoms with Gasteiger partial charge in [-0.3, -0.25) is 0 Å². The van der Waals surface area contributed by atoms with Crippen LogP contribution in [-0.4, -0.2) is 0 Å². The topological polar surface area (TPSA) is 9.23 Å². The van der Waals surface area contributed by atoms with E-state index in [1.54, 1.807) is 25.1 Å². The Kier molecular flexibility index (Phi) is 3.60. The third-order valence-corrected chi connectivity index (χ3v) is 2.83. The van der Waals surface area contributed by atoms with Crippen molar-refractivity contribution in [3.63, 3.8) is 0 Å². The molecule has 2 rings (SSSR count). The van der Waals surface area contributed by atoms with Gasteiger partial charge in [-0.2, -0.15) is 0 Å². The summed E-state index contributed by atoms with van der Waals surface area (Å²) in [5.41, 5.74) is 2.30. The SMILES string of the molecule is Cc1cc(OCc2ccc(F)cc2C)ccc1F. The Morgan fingerprint density at radius 2 is 1.72 bits per heavy atom. The van der Waals surface area contributed by atoms with Crippen LogP contribution in [0.25, 0.3) is 0 Å². The minimum absolute atomic E-state index is 0.250. The highest BCUT2D eigenvalue weighted by atomic mass is 19.1. The van der Waals surface area contributed by atoms with Crippen molar-refractivity contribution in [2.24, 2.45) is 0 Å². The van der Waals surface area contributed by atoms with Crippen LogP contribution in [-0.2, 0) is 6.61 Å². The van der Waals surface area contributed by atoms with Gasteiger partial charge in [0.15, 0.2) is 0 Å². The largest absolute Gasteiger partial charge is 0.489 e. The van der Waals surface area contributed by atoms with Gasteiger partial charge in [0.25, 0.3) is 0 Å². The molecule has 0 radical (unpaired) electrons. The second kappa shape index (κ2) is 5.17. The molecule has 0 bridgehead atoms. The zero-order chi connectivity index (χ0) is 13.1. The molecule has 0 heterocycles. The highest BCUT2D eigenvalue weighted by Gasteiger charge is 2.03. The molecule has 1 nitrogen and oxygen atoms in total. The van der Waals surface area contributed by atoms with Crippen LogP contribution in [0.3, 0.4) is 0 Å². The zero-order valence-corrected chi connectivity index (χ0v) is 10.3. The highest BCUT2D eigenvalue weighted by Crippen LogP contribution is 2.18. The van der Waals surface area contributed by atoms with Crippen LogP contribution >= 0.6 is 0 Å². The van der Waals surface area contributed by atoms with Crippen LogP contribution < -0.4 is 4.74 Å². The van der Waals surface area contributed by atoms with Gasteiger partial charge >= 0.3 is 0 Å². The zero-order valence-electron chi connectivity index (χ0n) is 10.3. The van der Waals surface area contributed by atoms with E-state index in [9.17, 15) is 8.78 Å². The van der Waals surface area contributed by atoms with Gasteiger partial charge in [-0.1, -0.05) is 6.07 Å². The number of aryl methyl sites for hydroxylation is 2. The maximum atomic E-state index is 13.1. The van der Waals surface area contributed by atoms with E-state index in [4.69, 9.17) is 4.74 Å². The van der Waals surface area contributed by atoms with E-state index in [0.29, 0.717) is 17.9 Å². The molecule has 2 aromatic rings. The van der Waals surface area contributed by atoms with E-state index in [1.807, 2.05) is 6.92 Å². The van der Waals surface area contributed by atoms with Crippen molar-refractivity contribution in [2.45, 2.75) is 20.5 Å². The van der Waals surface area contributed by atoms with Crippen molar-refractivity contribution in [1.82, 2.24) is 0 Å². The molecule has 18 heavy (non-hydrogen) atoms. The number of hydrogen-bond donors (Lipinski definition) is 0. The third-order valence-electron chi connectivity index (χ3n) is 2.83. The van der Waals surface area contributed by atoms with E-state index < -0.39 is 0 Å². The summed E-state index contributed by atoms with van der Waals surface area (Å²) in [7, 11) is 0. The number of ether oxygens (including phenoxy) is 1. The van der Waals surface area contributed by atoms with Crippen molar-refractivity contribution in [3.05, 3.63) is 64.7 Å². The fourth-order valence-electron chi connectivity index (χ4n) is 1.69. The quantitative estimate of drug-likeness (QED) is 0.792. The molecule has 0 aliphatic carbocycles. The maximum absolute atomic E-state index is 13.1. The summed E-state index contributed by atoms with van der Waals surface area (Å²) in [6.45, 7) is 3.86. The summed E-state index contributed by atoms with van der Waals surface area (Å²) in [6, 6.07) is 9.18. The van der Waals surface area contributed by atoms with Gasteiger partial charge in [-0.05, 0) is 60.9 Å². The van der Waals surface area contributed by atoms with Crippen molar-refractivity contribution in [3.8, 4) is 5.75 Å². The van der Waals surface area contributed by atoms with E-state index in [-0.39, 0.29) is 11.6 Å². The van der Waals surface area contributed by atoms with Gasteiger partial charge in [-0.15, -0.1) is 0 Å². The Bertz CT molecular complexity index is 564. The number of hydrogen-bond acceptors (Lipinski definition) is 1. The molecule has 0 aromatic heterocycles. The summed E-state index contributed by atoms with van der Waals surface area (Å²) in [6.07, 6.45) is 0. The van der Waals surface area contributed by atoms with Crippen LogP contribution in [0.1, 0.15) is 16.7 Å². The third kappa shape index (κ3) is 2.86. The number of rotatable bonds is 3. The molecule has 0 aliphatic heterocycles. The van der Waals surface area contributed by atoms with E-state index in [1.165, 1.54) is 18.2 Å². The maximum Gasteiger partial charge on any atom is 0.126 e. The summed E-state index contributed by atoms with van der Waals surface area (Å²) in [4.78, 5) is 0. The lowest BCUT2D eigenvalue weighted by Gasteiger charge is -2.09. The van der Waals surface area contributed by atoms with Gasteiger partial charge in [0.05, 0.1) is 0 Å². The molecule has 2 aromatic carbocycles. The second-order valence-electron chi connectivity index (χ2n) is 4.27. The Balaban J connectivity index is 2.09. The van der Waals surface area contributed by atoms with Crippen molar-refractivity contribution in [1.29, 1.82) is 0 Å². The van der Waals surface area contributed by atoms with Crippen LogP contribution in [0, 0.1) is 25.5 Å². The molecule has 0 saturated carbocycles. The monoisotopic (exact) mass is 248 g/mol. The summed E-state index contributed by atoms with van der Waals surface area (Å²) in [5, 5.41) is 0. The molecule has 0 spiro atoms. The van der Waals surface area contributed by atoms with Crippen LogP contribution in [0.4, 0.5) is 8.78 Å². The molecule has 0 fully saturated rings. The first-order valence-corrected chi connectivity index (χ1v) is 5.70. The van der Waals surface area contributed by atoms with Crippen LogP contribution in [0.5, 0.6) is 5.75 Å². The smallest absolute Gasteiger partial charge is 0.126 e. The molecular formula is C15H14F2O. The first-order valence-electron chi connectivity index (χ1n) is 5.70. The van der Waals surface area contributed by atoms with Gasteiger partial charge in [0.1, 0.15) is 24.0 Å². The average Bonchev–Trinajstić information content (AvgIpc) is 2.32. The molecule has 0 atom stereocenters. The second-order valence-corrected chi connectivity index (χ2v) is 4.27. The molecule has 0 unspecified atom stereocenters. The Hall–Kier alpha value is -1.90. The highest BCUT2D eigenvalue weighted by molar-refractivity contribution is 5.30. The van der Waals surface area contributed by atoms with Gasteiger partial charge in [-0.25, -0.2) is 8.78 Å². The molecule has 3 heteroatoms. The Morgan fingerprint density at radius 1 is 0.944 bits per heavy atom. The van der Waals surface area contributed by atoms with Crippen LogP contribution in [0.15, 0.2) is 36.4 Å². The standard InChI is InChI=1S/C15H14F2O/c1-10-7-13(16)4-3-12(10)9-18-14-5-6-15(17)11(2)8-14/h3-8H,9H2,1-2H3. The molecular weight excluding hydrogens is 234 g/mol. The van der Waals surface area contributed by atoms with Gasteiger partial charge in [0.2, 0.25) is 0 Å². The first kappa shape index (κ1) is 12.6. The van der Waals surface area contributed by atoms with Crippen molar-refractivity contribution in [2.75, 3.05) is 0 Å². The number of halogens is 2. The predicted octanol–water partition coefficient (Wildman–Crippen LogP) is 4.16. The van der Waals surface area contributed by atoms with Gasteiger partial charge in [0, 0.05) is 0 Å². The van der Waals surface area contributed by atoms with Crippen molar-refractivity contribution < 1.29 is 13.5 Å². The Morgan fingerprint density at radius 3 is 2.39 bits per heavy atom. The normalized spacial score (nSPS) is 10.4.